The number of para-hydroxylation sites is 1. The first kappa shape index (κ1) is 24.0. The predicted molar refractivity (Wildman–Crippen MR) is 123 cm³/mol. The van der Waals surface area contributed by atoms with Crippen LogP contribution < -0.4 is 5.32 Å². The van der Waals surface area contributed by atoms with Crippen LogP contribution in [0.25, 0.3) is 0 Å². The standard InChI is InChI=1S/C24H30N6O3/c1-16-8-6-7-9-20(16)27-22(32)17-10-19(11-25)29(13-17)21(31)15-28(5)23(33)18-12-26-30(14-18)24(2,3)4/h6-9,12,14,17,19H,10,13,15H2,1-5H3,(H,27,32). The van der Waals surface area contributed by atoms with Crippen molar-refractivity contribution in [3.63, 3.8) is 0 Å². The number of anilines is 1. The molecule has 3 rings (SSSR count). The van der Waals surface area contributed by atoms with Gasteiger partial charge in [0.2, 0.25) is 11.8 Å². The Labute approximate surface area is 194 Å². The Morgan fingerprint density at radius 1 is 1.27 bits per heavy atom. The molecule has 1 aliphatic heterocycles. The number of aromatic nitrogens is 2. The SMILES string of the molecule is Cc1ccccc1NC(=O)C1CC(C#N)N(C(=O)CN(C)C(=O)c2cnn(C(C)(C)C)c2)C1. The van der Waals surface area contributed by atoms with Crippen LogP contribution in [0.15, 0.2) is 36.7 Å². The molecule has 0 radical (unpaired) electrons. The summed E-state index contributed by atoms with van der Waals surface area (Å²) in [5.41, 5.74) is 1.76. The Hall–Kier alpha value is -3.67. The zero-order valence-electron chi connectivity index (χ0n) is 19.7. The number of likely N-dealkylation sites (tertiary alicyclic amines) is 1. The summed E-state index contributed by atoms with van der Waals surface area (Å²) in [6.45, 7) is 7.77. The van der Waals surface area contributed by atoms with E-state index < -0.39 is 12.0 Å². The second-order valence-corrected chi connectivity index (χ2v) is 9.43. The van der Waals surface area contributed by atoms with Gasteiger partial charge in [0.05, 0.1) is 35.8 Å². The summed E-state index contributed by atoms with van der Waals surface area (Å²) in [5, 5.41) is 16.7. The lowest BCUT2D eigenvalue weighted by molar-refractivity contribution is -0.131. The highest BCUT2D eigenvalue weighted by atomic mass is 16.2. The molecule has 1 aromatic carbocycles. The van der Waals surface area contributed by atoms with Crippen LogP contribution in [0.2, 0.25) is 0 Å². The molecule has 0 saturated carbocycles. The van der Waals surface area contributed by atoms with E-state index in [0.29, 0.717) is 11.3 Å². The fraction of sp³-hybridized carbons (Fsp3) is 0.458. The Bertz CT molecular complexity index is 1090. The molecule has 0 bridgehead atoms. The second kappa shape index (κ2) is 9.45. The van der Waals surface area contributed by atoms with Gasteiger partial charge < -0.3 is 15.1 Å². The average molecular weight is 451 g/mol. The molecule has 2 atom stereocenters. The molecular weight excluding hydrogens is 420 g/mol. The molecule has 9 heteroatoms. The van der Waals surface area contributed by atoms with Crippen LogP contribution >= 0.6 is 0 Å². The van der Waals surface area contributed by atoms with E-state index in [9.17, 15) is 19.6 Å². The number of rotatable bonds is 5. The average Bonchev–Trinajstić information content (AvgIpc) is 3.42. The quantitative estimate of drug-likeness (QED) is 0.752. The van der Waals surface area contributed by atoms with Gasteiger partial charge >= 0.3 is 0 Å². The highest BCUT2D eigenvalue weighted by Crippen LogP contribution is 2.25. The number of nitriles is 1. The van der Waals surface area contributed by atoms with Gasteiger partial charge in [0.15, 0.2) is 0 Å². The summed E-state index contributed by atoms with van der Waals surface area (Å²) >= 11 is 0. The number of nitrogens with zero attached hydrogens (tertiary/aromatic N) is 5. The van der Waals surface area contributed by atoms with Crippen LogP contribution in [-0.4, -0.2) is 63.5 Å². The van der Waals surface area contributed by atoms with Gasteiger partial charge in [0.1, 0.15) is 6.04 Å². The van der Waals surface area contributed by atoms with Crippen LogP contribution in [0.3, 0.4) is 0 Å². The highest BCUT2D eigenvalue weighted by molar-refractivity contribution is 5.97. The van der Waals surface area contributed by atoms with Gasteiger partial charge in [-0.15, -0.1) is 0 Å². The Morgan fingerprint density at radius 3 is 2.58 bits per heavy atom. The van der Waals surface area contributed by atoms with E-state index in [1.807, 2.05) is 52.0 Å². The minimum atomic E-state index is -0.711. The number of benzene rings is 1. The topological polar surface area (TPSA) is 111 Å². The van der Waals surface area contributed by atoms with E-state index >= 15 is 0 Å². The summed E-state index contributed by atoms with van der Waals surface area (Å²) in [6.07, 6.45) is 3.40. The van der Waals surface area contributed by atoms with Gasteiger partial charge in [-0.05, 0) is 45.7 Å². The molecule has 1 N–H and O–H groups in total. The highest BCUT2D eigenvalue weighted by Gasteiger charge is 2.39. The maximum atomic E-state index is 12.9. The lowest BCUT2D eigenvalue weighted by Gasteiger charge is -2.23. The largest absolute Gasteiger partial charge is 0.332 e. The zero-order chi connectivity index (χ0) is 24.3. The monoisotopic (exact) mass is 450 g/mol. The maximum Gasteiger partial charge on any atom is 0.257 e. The molecule has 1 fully saturated rings. The molecule has 0 spiro atoms. The van der Waals surface area contributed by atoms with Crippen molar-refractivity contribution in [2.45, 2.75) is 45.7 Å². The first-order valence-corrected chi connectivity index (χ1v) is 10.9. The van der Waals surface area contributed by atoms with Crippen molar-refractivity contribution in [3.05, 3.63) is 47.8 Å². The van der Waals surface area contributed by atoms with Crippen molar-refractivity contribution >= 4 is 23.4 Å². The molecule has 2 heterocycles. The molecule has 0 aliphatic carbocycles. The lowest BCUT2D eigenvalue weighted by Crippen LogP contribution is -2.43. The minimum absolute atomic E-state index is 0.138. The lowest BCUT2D eigenvalue weighted by atomic mass is 10.0. The Kier molecular flexibility index (Phi) is 6.86. The molecular formula is C24H30N6O3. The molecule has 2 aromatic rings. The minimum Gasteiger partial charge on any atom is -0.332 e. The number of hydrogen-bond donors (Lipinski definition) is 1. The van der Waals surface area contributed by atoms with E-state index in [1.165, 1.54) is 23.0 Å². The fourth-order valence-electron chi connectivity index (χ4n) is 3.76. The number of nitrogens with one attached hydrogen (secondary N) is 1. The van der Waals surface area contributed by atoms with Gasteiger partial charge in [0, 0.05) is 25.5 Å². The zero-order valence-corrected chi connectivity index (χ0v) is 19.7. The normalized spacial score (nSPS) is 18.0. The molecule has 9 nitrogen and oxygen atoms in total. The third-order valence-electron chi connectivity index (χ3n) is 5.78. The van der Waals surface area contributed by atoms with Crippen LogP contribution in [0, 0.1) is 24.2 Å². The molecule has 2 unspecified atom stereocenters. The number of hydrogen-bond acceptors (Lipinski definition) is 5. The van der Waals surface area contributed by atoms with E-state index in [2.05, 4.69) is 16.5 Å². The molecule has 1 saturated heterocycles. The van der Waals surface area contributed by atoms with Crippen molar-refractivity contribution in [2.75, 3.05) is 25.5 Å². The first-order valence-electron chi connectivity index (χ1n) is 10.9. The van der Waals surface area contributed by atoms with Gasteiger partial charge in [-0.1, -0.05) is 18.2 Å². The van der Waals surface area contributed by atoms with Gasteiger partial charge in [-0.2, -0.15) is 10.4 Å². The van der Waals surface area contributed by atoms with E-state index in [0.717, 1.165) is 5.56 Å². The van der Waals surface area contributed by atoms with Crippen molar-refractivity contribution in [1.29, 1.82) is 5.26 Å². The third kappa shape index (κ3) is 5.40. The predicted octanol–water partition coefficient (Wildman–Crippen LogP) is 2.40. The summed E-state index contributed by atoms with van der Waals surface area (Å²) in [6, 6.07) is 8.84. The second-order valence-electron chi connectivity index (χ2n) is 9.43. The van der Waals surface area contributed by atoms with Crippen molar-refractivity contribution < 1.29 is 14.4 Å². The number of carbonyl (C=O) groups excluding carboxylic acids is 3. The molecule has 174 valence electrons. The van der Waals surface area contributed by atoms with Crippen LogP contribution in [-0.2, 0) is 15.1 Å². The van der Waals surface area contributed by atoms with Gasteiger partial charge in [-0.3, -0.25) is 19.1 Å². The summed E-state index contributed by atoms with van der Waals surface area (Å²) < 4.78 is 1.69. The number of aryl methyl sites for hydroxylation is 1. The smallest absolute Gasteiger partial charge is 0.257 e. The Balaban J connectivity index is 1.63. The Morgan fingerprint density at radius 2 is 1.97 bits per heavy atom. The molecule has 3 amide bonds. The third-order valence-corrected chi connectivity index (χ3v) is 5.78. The van der Waals surface area contributed by atoms with Crippen LogP contribution in [0.4, 0.5) is 5.69 Å². The van der Waals surface area contributed by atoms with E-state index in [4.69, 9.17) is 0 Å². The number of likely N-dealkylation sites (N-methyl/N-ethyl adjacent to an activating group) is 1. The maximum absolute atomic E-state index is 12.9. The van der Waals surface area contributed by atoms with E-state index in [-0.39, 0.29) is 42.8 Å². The fourth-order valence-corrected chi connectivity index (χ4v) is 3.76. The molecule has 1 aliphatic rings. The molecule has 33 heavy (non-hydrogen) atoms. The number of amides is 3. The summed E-state index contributed by atoms with van der Waals surface area (Å²) in [4.78, 5) is 41.2. The van der Waals surface area contributed by atoms with Gasteiger partial charge in [-0.25, -0.2) is 0 Å². The van der Waals surface area contributed by atoms with Crippen LogP contribution in [0.1, 0.15) is 43.1 Å². The molecule has 1 aromatic heterocycles. The van der Waals surface area contributed by atoms with Gasteiger partial charge in [0.25, 0.3) is 5.91 Å². The van der Waals surface area contributed by atoms with Crippen molar-refractivity contribution in [3.8, 4) is 6.07 Å². The summed E-state index contributed by atoms with van der Waals surface area (Å²) in [5.74, 6) is -1.42. The number of carbonyl (C=O) groups is 3. The van der Waals surface area contributed by atoms with E-state index in [1.54, 1.807) is 10.9 Å². The van der Waals surface area contributed by atoms with Crippen molar-refractivity contribution in [2.24, 2.45) is 5.92 Å². The first-order chi connectivity index (χ1) is 15.5. The summed E-state index contributed by atoms with van der Waals surface area (Å²) in [7, 11) is 1.54. The van der Waals surface area contributed by atoms with Crippen LogP contribution in [0.5, 0.6) is 0 Å². The van der Waals surface area contributed by atoms with Crippen molar-refractivity contribution in [1.82, 2.24) is 19.6 Å².